The smallest absolute Gasteiger partial charge is 0.272 e. The van der Waals surface area contributed by atoms with Gasteiger partial charge in [-0.25, -0.2) is 10.5 Å². The van der Waals surface area contributed by atoms with Crippen LogP contribution in [0.25, 0.3) is 6.08 Å². The molecule has 0 spiro atoms. The number of hydrogen-bond acceptors (Lipinski definition) is 8. The molecule has 0 aliphatic carbocycles. The Balaban J connectivity index is 1.62. The standard InChI is InChI=1S/C23H30N6O3/c1-16-18(23(30)27-31-2)15-17-7-8-21(25-9-10-28-11-13-32-14-12-28)26-22(17)29(16)20-6-4-3-5-19(20)24/h3-8,15-16H,9-14,24H2,1-2H3,(H,25,26)(H,27,30). The van der Waals surface area contributed by atoms with Gasteiger partial charge in [0.05, 0.1) is 37.7 Å². The monoisotopic (exact) mass is 438 g/mol. The highest BCUT2D eigenvalue weighted by atomic mass is 16.6. The third-order valence-corrected chi connectivity index (χ3v) is 5.77. The number of carbonyl (C=O) groups is 1. The van der Waals surface area contributed by atoms with Crippen LogP contribution in [-0.4, -0.2) is 68.3 Å². The number of nitrogen functional groups attached to an aromatic ring is 1. The quantitative estimate of drug-likeness (QED) is 0.445. The second-order valence-electron chi connectivity index (χ2n) is 7.83. The molecule has 1 fully saturated rings. The van der Waals surface area contributed by atoms with E-state index in [-0.39, 0.29) is 11.9 Å². The van der Waals surface area contributed by atoms with Crippen LogP contribution in [0.2, 0.25) is 0 Å². The van der Waals surface area contributed by atoms with Gasteiger partial charge >= 0.3 is 0 Å². The lowest BCUT2D eigenvalue weighted by molar-refractivity contribution is -0.127. The van der Waals surface area contributed by atoms with Gasteiger partial charge in [-0.05, 0) is 37.3 Å². The van der Waals surface area contributed by atoms with E-state index in [0.717, 1.165) is 62.3 Å². The number of fused-ring (bicyclic) bond motifs is 1. The summed E-state index contributed by atoms with van der Waals surface area (Å²) in [5.74, 6) is 1.24. The largest absolute Gasteiger partial charge is 0.397 e. The highest BCUT2D eigenvalue weighted by Gasteiger charge is 2.32. The minimum atomic E-state index is -0.294. The lowest BCUT2D eigenvalue weighted by Gasteiger charge is -2.36. The summed E-state index contributed by atoms with van der Waals surface area (Å²) in [6.45, 7) is 7.14. The predicted octanol–water partition coefficient (Wildman–Crippen LogP) is 2.01. The van der Waals surface area contributed by atoms with Crippen molar-refractivity contribution in [2.75, 3.05) is 62.5 Å². The molecule has 3 heterocycles. The highest BCUT2D eigenvalue weighted by Crippen LogP contribution is 2.40. The van der Waals surface area contributed by atoms with Crippen LogP contribution in [-0.2, 0) is 14.4 Å². The van der Waals surface area contributed by atoms with E-state index in [4.69, 9.17) is 20.3 Å². The fraction of sp³-hybridized carbons (Fsp3) is 0.391. The molecule has 2 aromatic rings. The van der Waals surface area contributed by atoms with Gasteiger partial charge in [0, 0.05) is 37.3 Å². The zero-order valence-corrected chi connectivity index (χ0v) is 18.5. The number of benzene rings is 1. The maximum absolute atomic E-state index is 12.6. The Bertz CT molecular complexity index is 989. The number of ether oxygens (including phenoxy) is 1. The van der Waals surface area contributed by atoms with Crippen LogP contribution in [0.4, 0.5) is 23.0 Å². The Morgan fingerprint density at radius 2 is 2.03 bits per heavy atom. The van der Waals surface area contributed by atoms with Crippen LogP contribution in [0.1, 0.15) is 12.5 Å². The van der Waals surface area contributed by atoms with Crippen molar-refractivity contribution in [1.82, 2.24) is 15.4 Å². The molecule has 4 rings (SSSR count). The fourth-order valence-electron chi connectivity index (χ4n) is 4.08. The Morgan fingerprint density at radius 1 is 1.25 bits per heavy atom. The molecule has 1 saturated heterocycles. The summed E-state index contributed by atoms with van der Waals surface area (Å²) in [5.41, 5.74) is 11.6. The van der Waals surface area contributed by atoms with Gasteiger partial charge in [0.2, 0.25) is 0 Å². The summed E-state index contributed by atoms with van der Waals surface area (Å²) in [4.78, 5) is 26.7. The van der Waals surface area contributed by atoms with E-state index in [1.807, 2.05) is 54.3 Å². The van der Waals surface area contributed by atoms with Crippen LogP contribution < -0.4 is 21.4 Å². The van der Waals surface area contributed by atoms with E-state index >= 15 is 0 Å². The molecule has 1 unspecified atom stereocenters. The number of hydrogen-bond donors (Lipinski definition) is 3. The normalized spacial score (nSPS) is 18.6. The van der Waals surface area contributed by atoms with E-state index < -0.39 is 0 Å². The Morgan fingerprint density at radius 3 is 2.78 bits per heavy atom. The number of aromatic nitrogens is 1. The second kappa shape index (κ2) is 9.99. The Kier molecular flexibility index (Phi) is 6.89. The van der Waals surface area contributed by atoms with Crippen molar-refractivity contribution in [2.24, 2.45) is 0 Å². The summed E-state index contributed by atoms with van der Waals surface area (Å²) in [5, 5.41) is 3.43. The number of pyridine rings is 1. The highest BCUT2D eigenvalue weighted by molar-refractivity contribution is 6.02. The number of rotatable bonds is 7. The molecule has 0 bridgehead atoms. The first-order valence-electron chi connectivity index (χ1n) is 10.8. The molecule has 9 heteroatoms. The molecule has 2 aliphatic heterocycles. The maximum Gasteiger partial charge on any atom is 0.272 e. The first kappa shape index (κ1) is 22.1. The van der Waals surface area contributed by atoms with Gasteiger partial charge < -0.3 is 20.7 Å². The third-order valence-electron chi connectivity index (χ3n) is 5.77. The van der Waals surface area contributed by atoms with Gasteiger partial charge in [-0.1, -0.05) is 12.1 Å². The number of nitrogens with zero attached hydrogens (tertiary/aromatic N) is 3. The summed E-state index contributed by atoms with van der Waals surface area (Å²) in [7, 11) is 1.42. The molecule has 4 N–H and O–H groups in total. The summed E-state index contributed by atoms with van der Waals surface area (Å²) in [6, 6.07) is 11.2. The average molecular weight is 439 g/mol. The third kappa shape index (κ3) is 4.69. The van der Waals surface area contributed by atoms with E-state index in [2.05, 4.69) is 15.7 Å². The number of anilines is 4. The number of nitrogens with one attached hydrogen (secondary N) is 2. The van der Waals surface area contributed by atoms with Gasteiger partial charge in [-0.3, -0.25) is 14.5 Å². The first-order valence-corrected chi connectivity index (χ1v) is 10.8. The van der Waals surface area contributed by atoms with Gasteiger partial charge in [0.25, 0.3) is 5.91 Å². The number of amides is 1. The summed E-state index contributed by atoms with van der Waals surface area (Å²) in [6.07, 6.45) is 1.86. The summed E-state index contributed by atoms with van der Waals surface area (Å²) < 4.78 is 5.41. The molecule has 9 nitrogen and oxygen atoms in total. The molecule has 1 aromatic heterocycles. The van der Waals surface area contributed by atoms with Crippen molar-refractivity contribution < 1.29 is 14.4 Å². The molecule has 170 valence electrons. The van der Waals surface area contributed by atoms with Gasteiger partial charge in [0.15, 0.2) is 0 Å². The number of hydroxylamine groups is 1. The predicted molar refractivity (Wildman–Crippen MR) is 126 cm³/mol. The first-order chi connectivity index (χ1) is 15.6. The topological polar surface area (TPSA) is 105 Å². The van der Waals surface area contributed by atoms with E-state index in [1.54, 1.807) is 0 Å². The Hall–Kier alpha value is -3.14. The molecule has 32 heavy (non-hydrogen) atoms. The molecule has 0 saturated carbocycles. The molecule has 0 radical (unpaired) electrons. The van der Waals surface area contributed by atoms with Gasteiger partial charge in [-0.2, -0.15) is 0 Å². The Labute approximate surface area is 188 Å². The lowest BCUT2D eigenvalue weighted by Crippen LogP contribution is -2.40. The zero-order chi connectivity index (χ0) is 22.5. The van der Waals surface area contributed by atoms with Crippen LogP contribution in [0.5, 0.6) is 0 Å². The molecule has 2 aliphatic rings. The SMILES string of the molecule is CONC(=O)C1=Cc2ccc(NCCN3CCOCC3)nc2N(c2ccccc2N)C1C. The maximum atomic E-state index is 12.6. The minimum absolute atomic E-state index is 0.293. The van der Waals surface area contributed by atoms with Crippen LogP contribution in [0, 0.1) is 0 Å². The number of para-hydroxylation sites is 2. The zero-order valence-electron chi connectivity index (χ0n) is 18.5. The van der Waals surface area contributed by atoms with Crippen molar-refractivity contribution in [1.29, 1.82) is 0 Å². The molecular formula is C23H30N6O3. The molecular weight excluding hydrogens is 408 g/mol. The number of nitrogens with two attached hydrogens (primary N) is 1. The van der Waals surface area contributed by atoms with Crippen molar-refractivity contribution in [2.45, 2.75) is 13.0 Å². The van der Waals surface area contributed by atoms with E-state index in [9.17, 15) is 4.79 Å². The number of carbonyl (C=O) groups excluding carboxylic acids is 1. The van der Waals surface area contributed by atoms with Crippen LogP contribution >= 0.6 is 0 Å². The average Bonchev–Trinajstić information content (AvgIpc) is 2.80. The van der Waals surface area contributed by atoms with Crippen molar-refractivity contribution in [3.05, 3.63) is 47.5 Å². The van der Waals surface area contributed by atoms with Crippen molar-refractivity contribution in [3.8, 4) is 0 Å². The van der Waals surface area contributed by atoms with Gasteiger partial charge in [0.1, 0.15) is 11.6 Å². The fourth-order valence-corrected chi connectivity index (χ4v) is 4.08. The lowest BCUT2D eigenvalue weighted by atomic mass is 9.97. The summed E-state index contributed by atoms with van der Waals surface area (Å²) >= 11 is 0. The van der Waals surface area contributed by atoms with Crippen molar-refractivity contribution in [3.63, 3.8) is 0 Å². The van der Waals surface area contributed by atoms with E-state index in [1.165, 1.54) is 7.11 Å². The number of morpholine rings is 1. The van der Waals surface area contributed by atoms with Crippen LogP contribution in [0.3, 0.4) is 0 Å². The van der Waals surface area contributed by atoms with Crippen LogP contribution in [0.15, 0.2) is 42.0 Å². The van der Waals surface area contributed by atoms with Gasteiger partial charge in [-0.15, -0.1) is 0 Å². The second-order valence-corrected chi connectivity index (χ2v) is 7.83. The molecule has 1 aromatic carbocycles. The van der Waals surface area contributed by atoms with E-state index in [0.29, 0.717) is 11.3 Å². The molecule has 1 amide bonds. The molecule has 1 atom stereocenters. The minimum Gasteiger partial charge on any atom is -0.397 e. The van der Waals surface area contributed by atoms with Crippen molar-refractivity contribution >= 4 is 35.0 Å².